The van der Waals surface area contributed by atoms with E-state index in [2.05, 4.69) is 23.2 Å². The zero-order chi connectivity index (χ0) is 26.6. The van der Waals surface area contributed by atoms with Gasteiger partial charge >= 0.3 is 0 Å². The molecule has 2 aliphatic rings. The van der Waals surface area contributed by atoms with E-state index in [4.69, 9.17) is 9.15 Å². The first kappa shape index (κ1) is 25.5. The number of fused-ring (bicyclic) bond motifs is 1. The van der Waals surface area contributed by atoms with Gasteiger partial charge in [0.2, 0.25) is 17.7 Å². The molecule has 9 heteroatoms. The van der Waals surface area contributed by atoms with Crippen LogP contribution in [-0.2, 0) is 22.6 Å². The van der Waals surface area contributed by atoms with Gasteiger partial charge in [0.25, 0.3) is 5.91 Å². The number of hydrogen-bond acceptors (Lipinski definition) is 6. The summed E-state index contributed by atoms with van der Waals surface area (Å²) in [5.41, 5.74) is 3.53. The second-order valence-electron chi connectivity index (χ2n) is 9.58. The highest BCUT2D eigenvalue weighted by Gasteiger charge is 2.32. The number of nitrogens with zero attached hydrogens (tertiary/aromatic N) is 4. The van der Waals surface area contributed by atoms with Crippen molar-refractivity contribution in [3.63, 3.8) is 0 Å². The van der Waals surface area contributed by atoms with Crippen LogP contribution in [-0.4, -0.2) is 70.1 Å². The zero-order valence-corrected chi connectivity index (χ0v) is 21.8. The van der Waals surface area contributed by atoms with Gasteiger partial charge in [-0.2, -0.15) is 0 Å². The van der Waals surface area contributed by atoms with E-state index >= 15 is 0 Å². The zero-order valence-electron chi connectivity index (χ0n) is 21.8. The van der Waals surface area contributed by atoms with Gasteiger partial charge in [-0.05, 0) is 35.2 Å². The molecule has 5 rings (SSSR count). The second-order valence-corrected chi connectivity index (χ2v) is 9.58. The van der Waals surface area contributed by atoms with Gasteiger partial charge in [0.1, 0.15) is 12.0 Å². The average Bonchev–Trinajstić information content (AvgIpc) is 3.44. The van der Waals surface area contributed by atoms with Crippen molar-refractivity contribution in [2.75, 3.05) is 32.7 Å². The lowest BCUT2D eigenvalue weighted by molar-refractivity contribution is -0.133. The Morgan fingerprint density at radius 2 is 1.74 bits per heavy atom. The molecular weight excluding hydrogens is 484 g/mol. The van der Waals surface area contributed by atoms with Crippen LogP contribution < -0.4 is 4.74 Å². The molecule has 0 N–H and O–H groups in total. The second kappa shape index (κ2) is 11.1. The first-order chi connectivity index (χ1) is 18.4. The quantitative estimate of drug-likeness (QED) is 0.498. The summed E-state index contributed by atoms with van der Waals surface area (Å²) < 4.78 is 11.5. The molecule has 38 heavy (non-hydrogen) atoms. The fourth-order valence-corrected chi connectivity index (χ4v) is 5.16. The summed E-state index contributed by atoms with van der Waals surface area (Å²) in [4.78, 5) is 46.9. The standard InChI is InChI=1S/C29H32N4O5/c1-3-27(35)33-12-11-21-9-10-23(17-24(21)28(33)22-7-5-4-6-8-22)37-19-26-30-25(18-38-26)29(36)32-15-13-31(14-16-32)20(2)34/h4-10,17-18,28H,3,11-16,19H2,1-2H3. The minimum atomic E-state index is -0.219. The van der Waals surface area contributed by atoms with Gasteiger partial charge in [-0.25, -0.2) is 4.98 Å². The van der Waals surface area contributed by atoms with E-state index in [1.165, 1.54) is 18.8 Å². The molecule has 1 saturated heterocycles. The van der Waals surface area contributed by atoms with Crippen molar-refractivity contribution in [3.05, 3.63) is 83.1 Å². The number of hydrogen-bond donors (Lipinski definition) is 0. The number of aromatic nitrogens is 1. The van der Waals surface area contributed by atoms with Crippen LogP contribution >= 0.6 is 0 Å². The normalized spacial score (nSPS) is 17.2. The molecule has 198 valence electrons. The molecule has 0 saturated carbocycles. The van der Waals surface area contributed by atoms with Crippen molar-refractivity contribution in [1.29, 1.82) is 0 Å². The fraction of sp³-hybridized carbons (Fsp3) is 0.379. The lowest BCUT2D eigenvalue weighted by atomic mass is 9.87. The minimum Gasteiger partial charge on any atom is -0.484 e. The van der Waals surface area contributed by atoms with Crippen LogP contribution in [0, 0.1) is 0 Å². The molecule has 1 fully saturated rings. The molecule has 1 unspecified atom stereocenters. The predicted octanol–water partition coefficient (Wildman–Crippen LogP) is 3.44. The van der Waals surface area contributed by atoms with E-state index in [0.717, 1.165) is 17.5 Å². The molecular formula is C29H32N4O5. The minimum absolute atomic E-state index is 0.0138. The average molecular weight is 517 g/mol. The Morgan fingerprint density at radius 1 is 1.00 bits per heavy atom. The molecule has 0 bridgehead atoms. The Kier molecular flexibility index (Phi) is 7.44. The highest BCUT2D eigenvalue weighted by molar-refractivity contribution is 5.92. The largest absolute Gasteiger partial charge is 0.484 e. The predicted molar refractivity (Wildman–Crippen MR) is 139 cm³/mol. The van der Waals surface area contributed by atoms with Crippen LogP contribution in [0.1, 0.15) is 59.4 Å². The SMILES string of the molecule is CCC(=O)N1CCc2ccc(OCc3nc(C(=O)N4CCN(C(C)=O)CC4)co3)cc2C1c1ccccc1. The maximum Gasteiger partial charge on any atom is 0.275 e. The van der Waals surface area contributed by atoms with Crippen molar-refractivity contribution in [1.82, 2.24) is 19.7 Å². The van der Waals surface area contributed by atoms with Gasteiger partial charge in [0, 0.05) is 46.1 Å². The molecule has 0 aliphatic carbocycles. The third kappa shape index (κ3) is 5.27. The van der Waals surface area contributed by atoms with Crippen molar-refractivity contribution in [2.45, 2.75) is 39.3 Å². The van der Waals surface area contributed by atoms with E-state index < -0.39 is 0 Å². The topological polar surface area (TPSA) is 96.2 Å². The monoisotopic (exact) mass is 516 g/mol. The smallest absolute Gasteiger partial charge is 0.275 e. The van der Waals surface area contributed by atoms with Crippen LogP contribution in [0.5, 0.6) is 5.75 Å². The number of amides is 3. The summed E-state index contributed by atoms with van der Waals surface area (Å²) >= 11 is 0. The maximum absolute atomic E-state index is 12.8. The number of ether oxygens (including phenoxy) is 1. The molecule has 3 aromatic rings. The number of piperazine rings is 1. The molecule has 0 spiro atoms. The Morgan fingerprint density at radius 3 is 2.45 bits per heavy atom. The van der Waals surface area contributed by atoms with Crippen LogP contribution in [0.15, 0.2) is 59.2 Å². The van der Waals surface area contributed by atoms with E-state index in [1.807, 2.05) is 42.2 Å². The first-order valence-electron chi connectivity index (χ1n) is 13.0. The summed E-state index contributed by atoms with van der Waals surface area (Å²) in [7, 11) is 0. The summed E-state index contributed by atoms with van der Waals surface area (Å²) in [6, 6.07) is 15.8. The summed E-state index contributed by atoms with van der Waals surface area (Å²) in [5.74, 6) is 0.858. The summed E-state index contributed by atoms with van der Waals surface area (Å²) in [5, 5.41) is 0. The van der Waals surface area contributed by atoms with Crippen LogP contribution in [0.2, 0.25) is 0 Å². The summed E-state index contributed by atoms with van der Waals surface area (Å²) in [6.07, 6.45) is 2.59. The van der Waals surface area contributed by atoms with Crippen LogP contribution in [0.3, 0.4) is 0 Å². The molecule has 3 heterocycles. The number of carbonyl (C=O) groups is 3. The maximum atomic E-state index is 12.8. The molecule has 1 aromatic heterocycles. The molecule has 2 aliphatic heterocycles. The third-order valence-corrected chi connectivity index (χ3v) is 7.23. The first-order valence-corrected chi connectivity index (χ1v) is 13.0. The highest BCUT2D eigenvalue weighted by Crippen LogP contribution is 2.37. The Balaban J connectivity index is 1.28. The number of carbonyl (C=O) groups excluding carboxylic acids is 3. The fourth-order valence-electron chi connectivity index (χ4n) is 5.16. The van der Waals surface area contributed by atoms with E-state index in [9.17, 15) is 14.4 Å². The van der Waals surface area contributed by atoms with Gasteiger partial charge in [0.05, 0.1) is 6.04 Å². The van der Waals surface area contributed by atoms with E-state index in [-0.39, 0.29) is 36.1 Å². The third-order valence-electron chi connectivity index (χ3n) is 7.23. The molecule has 0 radical (unpaired) electrons. The lowest BCUT2D eigenvalue weighted by Gasteiger charge is -2.38. The van der Waals surface area contributed by atoms with Crippen molar-refractivity contribution in [2.24, 2.45) is 0 Å². The van der Waals surface area contributed by atoms with Gasteiger partial charge in [0.15, 0.2) is 12.3 Å². The van der Waals surface area contributed by atoms with Crippen molar-refractivity contribution in [3.8, 4) is 5.75 Å². The highest BCUT2D eigenvalue weighted by atomic mass is 16.5. The van der Waals surface area contributed by atoms with Crippen LogP contribution in [0.25, 0.3) is 0 Å². The molecule has 9 nitrogen and oxygen atoms in total. The van der Waals surface area contributed by atoms with Gasteiger partial charge in [-0.3, -0.25) is 14.4 Å². The van der Waals surface area contributed by atoms with Gasteiger partial charge < -0.3 is 23.9 Å². The van der Waals surface area contributed by atoms with Crippen LogP contribution in [0.4, 0.5) is 0 Å². The Hall–Kier alpha value is -4.14. The Bertz CT molecular complexity index is 1310. The molecule has 3 amide bonds. The molecule has 2 aromatic carbocycles. The lowest BCUT2D eigenvalue weighted by Crippen LogP contribution is -2.50. The van der Waals surface area contributed by atoms with Gasteiger partial charge in [-0.1, -0.05) is 43.3 Å². The van der Waals surface area contributed by atoms with Crippen molar-refractivity contribution >= 4 is 17.7 Å². The number of benzene rings is 2. The van der Waals surface area contributed by atoms with Gasteiger partial charge in [-0.15, -0.1) is 0 Å². The Labute approximate surface area is 222 Å². The van der Waals surface area contributed by atoms with Crippen molar-refractivity contribution < 1.29 is 23.5 Å². The summed E-state index contributed by atoms with van der Waals surface area (Å²) in [6.45, 7) is 6.12. The number of rotatable bonds is 6. The van der Waals surface area contributed by atoms with E-state index in [0.29, 0.717) is 50.8 Å². The van der Waals surface area contributed by atoms with E-state index in [1.54, 1.807) is 9.80 Å². The molecule has 1 atom stereocenters. The number of oxazole rings is 1.